The second-order valence-electron chi connectivity index (χ2n) is 6.80. The van der Waals surface area contributed by atoms with Crippen molar-refractivity contribution in [1.29, 1.82) is 0 Å². The van der Waals surface area contributed by atoms with Gasteiger partial charge < -0.3 is 9.42 Å². The number of hydrogen-bond donors (Lipinski definition) is 0. The number of aromatic nitrogens is 2. The van der Waals surface area contributed by atoms with Crippen LogP contribution >= 0.6 is 0 Å². The Kier molecular flexibility index (Phi) is 4.20. The summed E-state index contributed by atoms with van der Waals surface area (Å²) in [5, 5.41) is 4.00. The Morgan fingerprint density at radius 2 is 2.00 bits per heavy atom. The maximum atomic E-state index is 12.4. The van der Waals surface area contributed by atoms with E-state index in [4.69, 9.17) is 4.52 Å². The van der Waals surface area contributed by atoms with Crippen molar-refractivity contribution < 1.29 is 9.32 Å². The highest BCUT2D eigenvalue weighted by Crippen LogP contribution is 2.32. The summed E-state index contributed by atoms with van der Waals surface area (Å²) in [7, 11) is 0. The van der Waals surface area contributed by atoms with Gasteiger partial charge in [0.25, 0.3) is 0 Å². The van der Waals surface area contributed by atoms with Crippen molar-refractivity contribution in [2.24, 2.45) is 0 Å². The van der Waals surface area contributed by atoms with E-state index in [-0.39, 0.29) is 17.7 Å². The summed E-state index contributed by atoms with van der Waals surface area (Å²) in [5.74, 6) is 2.03. The van der Waals surface area contributed by atoms with E-state index in [1.54, 1.807) is 0 Å². The van der Waals surface area contributed by atoms with Crippen molar-refractivity contribution >= 4 is 11.6 Å². The second-order valence-corrected chi connectivity index (χ2v) is 6.80. The van der Waals surface area contributed by atoms with Gasteiger partial charge in [0.2, 0.25) is 11.8 Å². The minimum Gasteiger partial charge on any atom is -0.339 e. The topological polar surface area (TPSA) is 59.2 Å². The third-order valence-corrected chi connectivity index (χ3v) is 4.30. The SMILES string of the molecule is CC(C)c1cccc(N2CC(c3nc(C(C)C)no3)CC2=O)c1. The van der Waals surface area contributed by atoms with Gasteiger partial charge in [-0.2, -0.15) is 4.98 Å². The molecule has 0 bridgehead atoms. The van der Waals surface area contributed by atoms with Gasteiger partial charge in [-0.3, -0.25) is 4.79 Å². The van der Waals surface area contributed by atoms with Crippen molar-refractivity contribution in [3.63, 3.8) is 0 Å². The van der Waals surface area contributed by atoms with Crippen LogP contribution in [0, 0.1) is 0 Å². The summed E-state index contributed by atoms with van der Waals surface area (Å²) in [6.07, 6.45) is 0.422. The van der Waals surface area contributed by atoms with Crippen LogP contribution in [0.2, 0.25) is 0 Å². The number of benzene rings is 1. The monoisotopic (exact) mass is 313 g/mol. The van der Waals surface area contributed by atoms with Crippen molar-refractivity contribution in [3.05, 3.63) is 41.5 Å². The third-order valence-electron chi connectivity index (χ3n) is 4.30. The van der Waals surface area contributed by atoms with E-state index in [0.717, 1.165) is 5.69 Å². The lowest BCUT2D eigenvalue weighted by Gasteiger charge is -2.18. The molecule has 0 N–H and O–H groups in total. The highest BCUT2D eigenvalue weighted by atomic mass is 16.5. The molecule has 1 atom stereocenters. The number of nitrogens with zero attached hydrogens (tertiary/aromatic N) is 3. The Morgan fingerprint density at radius 3 is 2.65 bits per heavy atom. The maximum absolute atomic E-state index is 12.4. The van der Waals surface area contributed by atoms with E-state index in [9.17, 15) is 4.79 Å². The summed E-state index contributed by atoms with van der Waals surface area (Å²) < 4.78 is 5.36. The van der Waals surface area contributed by atoms with Crippen molar-refractivity contribution in [2.45, 2.75) is 51.9 Å². The lowest BCUT2D eigenvalue weighted by molar-refractivity contribution is -0.117. The van der Waals surface area contributed by atoms with Crippen LogP contribution in [0.15, 0.2) is 28.8 Å². The minimum absolute atomic E-state index is 0.0230. The molecule has 1 fully saturated rings. The van der Waals surface area contributed by atoms with Crippen LogP contribution in [0.25, 0.3) is 0 Å². The van der Waals surface area contributed by atoms with Gasteiger partial charge in [-0.25, -0.2) is 0 Å². The molecule has 1 saturated heterocycles. The normalized spacial score (nSPS) is 18.4. The van der Waals surface area contributed by atoms with Gasteiger partial charge in [0.05, 0.1) is 5.92 Å². The molecule has 0 radical (unpaired) electrons. The number of carbonyl (C=O) groups excluding carboxylic acids is 1. The fourth-order valence-corrected chi connectivity index (χ4v) is 2.82. The standard InChI is InChI=1S/C18H23N3O2/c1-11(2)13-6-5-7-15(8-13)21-10-14(9-16(21)22)18-19-17(12(3)4)20-23-18/h5-8,11-12,14H,9-10H2,1-4H3. The number of amides is 1. The highest BCUT2D eigenvalue weighted by Gasteiger charge is 2.35. The molecule has 1 aliphatic rings. The van der Waals surface area contributed by atoms with Crippen molar-refractivity contribution in [1.82, 2.24) is 10.1 Å². The Morgan fingerprint density at radius 1 is 1.22 bits per heavy atom. The average molecular weight is 313 g/mol. The molecule has 2 heterocycles. The first kappa shape index (κ1) is 15.7. The van der Waals surface area contributed by atoms with Gasteiger partial charge in [-0.05, 0) is 23.6 Å². The molecule has 1 unspecified atom stereocenters. The number of anilines is 1. The largest absolute Gasteiger partial charge is 0.339 e. The number of carbonyl (C=O) groups is 1. The van der Waals surface area contributed by atoms with Crippen molar-refractivity contribution in [3.8, 4) is 0 Å². The lowest BCUT2D eigenvalue weighted by Crippen LogP contribution is -2.24. The second kappa shape index (κ2) is 6.14. The third kappa shape index (κ3) is 3.14. The molecule has 1 amide bonds. The molecule has 122 valence electrons. The summed E-state index contributed by atoms with van der Waals surface area (Å²) >= 11 is 0. The Hall–Kier alpha value is -2.17. The van der Waals surface area contributed by atoms with Gasteiger partial charge >= 0.3 is 0 Å². The molecular formula is C18H23N3O2. The first-order valence-electron chi connectivity index (χ1n) is 8.19. The Labute approximate surface area is 136 Å². The van der Waals surface area contributed by atoms with Crippen LogP contribution in [-0.4, -0.2) is 22.6 Å². The fraction of sp³-hybridized carbons (Fsp3) is 0.500. The van der Waals surface area contributed by atoms with E-state index >= 15 is 0 Å². The summed E-state index contributed by atoms with van der Waals surface area (Å²) in [6.45, 7) is 8.95. The Bertz CT molecular complexity index is 706. The molecule has 0 spiro atoms. The van der Waals surface area contributed by atoms with Crippen LogP contribution in [0.4, 0.5) is 5.69 Å². The molecule has 2 aromatic rings. The zero-order valence-electron chi connectivity index (χ0n) is 14.1. The fourth-order valence-electron chi connectivity index (χ4n) is 2.82. The van der Waals surface area contributed by atoms with Gasteiger partial charge in [-0.1, -0.05) is 45.0 Å². The molecule has 1 aliphatic heterocycles. The quantitative estimate of drug-likeness (QED) is 0.860. The first-order valence-corrected chi connectivity index (χ1v) is 8.19. The van der Waals surface area contributed by atoms with Crippen LogP contribution in [0.5, 0.6) is 0 Å². The minimum atomic E-state index is -0.0230. The van der Waals surface area contributed by atoms with Crippen LogP contribution < -0.4 is 4.90 Å². The van der Waals surface area contributed by atoms with Gasteiger partial charge in [0, 0.05) is 24.6 Å². The first-order chi connectivity index (χ1) is 11.0. The van der Waals surface area contributed by atoms with Gasteiger partial charge in [0.15, 0.2) is 5.82 Å². The predicted octanol–water partition coefficient (Wildman–Crippen LogP) is 3.84. The molecule has 23 heavy (non-hydrogen) atoms. The van der Waals surface area contributed by atoms with Crippen molar-refractivity contribution in [2.75, 3.05) is 11.4 Å². The lowest BCUT2D eigenvalue weighted by atomic mass is 10.0. The van der Waals surface area contributed by atoms with Crippen LogP contribution in [0.1, 0.15) is 69.1 Å². The maximum Gasteiger partial charge on any atom is 0.232 e. The molecular weight excluding hydrogens is 290 g/mol. The molecule has 3 rings (SSSR count). The van der Waals surface area contributed by atoms with E-state index in [2.05, 4.69) is 36.1 Å². The molecule has 0 aliphatic carbocycles. The summed E-state index contributed by atoms with van der Waals surface area (Å²) in [4.78, 5) is 18.7. The van der Waals surface area contributed by atoms with E-state index in [0.29, 0.717) is 30.6 Å². The van der Waals surface area contributed by atoms with Crippen LogP contribution in [-0.2, 0) is 4.79 Å². The molecule has 0 saturated carbocycles. The predicted molar refractivity (Wildman–Crippen MR) is 88.6 cm³/mol. The zero-order valence-corrected chi connectivity index (χ0v) is 14.1. The van der Waals surface area contributed by atoms with Crippen LogP contribution in [0.3, 0.4) is 0 Å². The van der Waals surface area contributed by atoms with Gasteiger partial charge in [0.1, 0.15) is 0 Å². The zero-order chi connectivity index (χ0) is 16.6. The molecule has 5 heteroatoms. The van der Waals surface area contributed by atoms with E-state index < -0.39 is 0 Å². The smallest absolute Gasteiger partial charge is 0.232 e. The summed E-state index contributed by atoms with van der Waals surface area (Å²) in [6, 6.07) is 8.19. The summed E-state index contributed by atoms with van der Waals surface area (Å²) in [5.41, 5.74) is 2.19. The Balaban J connectivity index is 1.80. The van der Waals surface area contributed by atoms with Gasteiger partial charge in [-0.15, -0.1) is 0 Å². The van der Waals surface area contributed by atoms with E-state index in [1.165, 1.54) is 5.56 Å². The molecule has 5 nitrogen and oxygen atoms in total. The number of rotatable bonds is 4. The molecule has 1 aromatic heterocycles. The number of hydrogen-bond acceptors (Lipinski definition) is 4. The van der Waals surface area contributed by atoms with E-state index in [1.807, 2.05) is 30.9 Å². The average Bonchev–Trinajstić information content (AvgIpc) is 3.14. The highest BCUT2D eigenvalue weighted by molar-refractivity contribution is 5.96. The molecule has 1 aromatic carbocycles.